The minimum Gasteiger partial charge on any atom is -0.481 e. The SMILES string of the molecule is CC(C)(CCNC(=O)c1ccc(NC(=O)Nc2ccccc2)cc1)C(=O)O. The maximum absolute atomic E-state index is 12.1. The summed E-state index contributed by atoms with van der Waals surface area (Å²) in [5, 5.41) is 17.2. The fourth-order valence-electron chi connectivity index (χ4n) is 2.22. The highest BCUT2D eigenvalue weighted by Gasteiger charge is 2.26. The van der Waals surface area contributed by atoms with Crippen molar-refractivity contribution in [1.82, 2.24) is 5.32 Å². The summed E-state index contributed by atoms with van der Waals surface area (Å²) in [7, 11) is 0. The standard InChI is InChI=1S/C20H23N3O4/c1-20(2,18(25)26)12-13-21-17(24)14-8-10-16(11-9-14)23-19(27)22-15-6-4-3-5-7-15/h3-11H,12-13H2,1-2H3,(H,21,24)(H,25,26)(H2,22,23,27). The van der Waals surface area contributed by atoms with Crippen LogP contribution < -0.4 is 16.0 Å². The second kappa shape index (κ2) is 8.84. The van der Waals surface area contributed by atoms with Crippen LogP contribution in [0.25, 0.3) is 0 Å². The first-order valence-corrected chi connectivity index (χ1v) is 8.53. The fourth-order valence-corrected chi connectivity index (χ4v) is 2.22. The topological polar surface area (TPSA) is 108 Å². The molecule has 142 valence electrons. The van der Waals surface area contributed by atoms with Gasteiger partial charge in [0.15, 0.2) is 0 Å². The zero-order chi connectivity index (χ0) is 19.9. The lowest BCUT2D eigenvalue weighted by Gasteiger charge is -2.18. The van der Waals surface area contributed by atoms with Gasteiger partial charge in [-0.15, -0.1) is 0 Å². The average molecular weight is 369 g/mol. The molecule has 2 rings (SSSR count). The number of amides is 3. The van der Waals surface area contributed by atoms with Crippen LogP contribution in [0, 0.1) is 5.41 Å². The molecule has 0 bridgehead atoms. The molecule has 0 aliphatic heterocycles. The first kappa shape index (κ1) is 20.0. The van der Waals surface area contributed by atoms with Crippen molar-refractivity contribution in [2.45, 2.75) is 20.3 Å². The van der Waals surface area contributed by atoms with Gasteiger partial charge in [0.1, 0.15) is 0 Å². The van der Waals surface area contributed by atoms with Crippen molar-refractivity contribution < 1.29 is 19.5 Å². The number of carbonyl (C=O) groups excluding carboxylic acids is 2. The van der Waals surface area contributed by atoms with Crippen molar-refractivity contribution in [2.24, 2.45) is 5.41 Å². The first-order valence-electron chi connectivity index (χ1n) is 8.53. The van der Waals surface area contributed by atoms with E-state index in [1.165, 1.54) is 0 Å². The zero-order valence-corrected chi connectivity index (χ0v) is 15.3. The summed E-state index contributed by atoms with van der Waals surface area (Å²) in [5.74, 6) is -1.20. The van der Waals surface area contributed by atoms with Gasteiger partial charge in [-0.25, -0.2) is 4.79 Å². The van der Waals surface area contributed by atoms with Crippen molar-refractivity contribution in [3.63, 3.8) is 0 Å². The van der Waals surface area contributed by atoms with E-state index in [4.69, 9.17) is 5.11 Å². The summed E-state index contributed by atoms with van der Waals surface area (Å²) in [6.45, 7) is 3.49. The highest BCUT2D eigenvalue weighted by atomic mass is 16.4. The molecule has 2 aromatic rings. The minimum absolute atomic E-state index is 0.262. The number of aliphatic carboxylic acids is 1. The number of hydrogen-bond donors (Lipinski definition) is 4. The largest absolute Gasteiger partial charge is 0.481 e. The Morgan fingerprint density at radius 3 is 2.00 bits per heavy atom. The molecule has 4 N–H and O–H groups in total. The Morgan fingerprint density at radius 2 is 1.44 bits per heavy atom. The van der Waals surface area contributed by atoms with Gasteiger partial charge >= 0.3 is 12.0 Å². The van der Waals surface area contributed by atoms with E-state index < -0.39 is 11.4 Å². The number of rotatable bonds is 7. The van der Waals surface area contributed by atoms with Gasteiger partial charge in [0.05, 0.1) is 5.41 Å². The lowest BCUT2D eigenvalue weighted by atomic mass is 9.90. The number of carboxylic acids is 1. The van der Waals surface area contributed by atoms with E-state index in [1.54, 1.807) is 50.2 Å². The van der Waals surface area contributed by atoms with Gasteiger partial charge in [0.25, 0.3) is 5.91 Å². The molecular formula is C20H23N3O4. The molecule has 0 aliphatic carbocycles. The minimum atomic E-state index is -0.902. The Balaban J connectivity index is 1.84. The van der Waals surface area contributed by atoms with Crippen LogP contribution in [0.3, 0.4) is 0 Å². The fraction of sp³-hybridized carbons (Fsp3) is 0.250. The number of carboxylic acid groups (broad SMARTS) is 1. The molecule has 0 saturated carbocycles. The van der Waals surface area contributed by atoms with E-state index in [-0.39, 0.29) is 18.5 Å². The van der Waals surface area contributed by atoms with Crippen molar-refractivity contribution in [3.05, 3.63) is 60.2 Å². The van der Waals surface area contributed by atoms with Crippen LogP contribution in [0.2, 0.25) is 0 Å². The quantitative estimate of drug-likeness (QED) is 0.598. The number of carbonyl (C=O) groups is 3. The molecule has 27 heavy (non-hydrogen) atoms. The third-order valence-corrected chi connectivity index (χ3v) is 4.05. The Kier molecular flexibility index (Phi) is 6.54. The predicted octanol–water partition coefficient (Wildman–Crippen LogP) is 3.56. The second-order valence-corrected chi connectivity index (χ2v) is 6.72. The molecule has 0 heterocycles. The van der Waals surface area contributed by atoms with Crippen molar-refractivity contribution in [1.29, 1.82) is 0 Å². The summed E-state index contributed by atoms with van der Waals surface area (Å²) in [4.78, 5) is 35.1. The highest BCUT2D eigenvalue weighted by molar-refractivity contribution is 6.00. The summed E-state index contributed by atoms with van der Waals surface area (Å²) in [5.41, 5.74) is 0.757. The number of hydrogen-bond acceptors (Lipinski definition) is 3. The van der Waals surface area contributed by atoms with E-state index in [2.05, 4.69) is 16.0 Å². The second-order valence-electron chi connectivity index (χ2n) is 6.72. The summed E-state index contributed by atoms with van der Waals surface area (Å²) in [6, 6.07) is 15.1. The molecule has 3 amide bonds. The van der Waals surface area contributed by atoms with Gasteiger partial charge in [-0.05, 0) is 56.7 Å². The molecule has 0 radical (unpaired) electrons. The van der Waals surface area contributed by atoms with Crippen LogP contribution in [0.15, 0.2) is 54.6 Å². The van der Waals surface area contributed by atoms with Crippen LogP contribution in [-0.2, 0) is 4.79 Å². The molecule has 0 atom stereocenters. The molecule has 0 spiro atoms. The van der Waals surface area contributed by atoms with Crippen molar-refractivity contribution >= 4 is 29.3 Å². The smallest absolute Gasteiger partial charge is 0.323 e. The van der Waals surface area contributed by atoms with E-state index >= 15 is 0 Å². The molecular weight excluding hydrogens is 346 g/mol. The Hall–Kier alpha value is -3.35. The first-order chi connectivity index (χ1) is 12.8. The van der Waals surface area contributed by atoms with E-state index in [0.29, 0.717) is 23.4 Å². The summed E-state index contributed by atoms with van der Waals surface area (Å²) < 4.78 is 0. The Labute approximate surface area is 157 Å². The van der Waals surface area contributed by atoms with Gasteiger partial charge in [-0.3, -0.25) is 9.59 Å². The number of anilines is 2. The molecule has 0 aromatic heterocycles. The molecule has 7 nitrogen and oxygen atoms in total. The molecule has 2 aromatic carbocycles. The molecule has 0 saturated heterocycles. The zero-order valence-electron chi connectivity index (χ0n) is 15.3. The van der Waals surface area contributed by atoms with E-state index in [1.807, 2.05) is 18.2 Å². The van der Waals surface area contributed by atoms with Gasteiger partial charge in [0.2, 0.25) is 0 Å². The number of para-hydroxylation sites is 1. The third-order valence-electron chi connectivity index (χ3n) is 4.05. The monoisotopic (exact) mass is 369 g/mol. The molecule has 0 aliphatic rings. The van der Waals surface area contributed by atoms with Gasteiger partial charge < -0.3 is 21.1 Å². The van der Waals surface area contributed by atoms with Crippen molar-refractivity contribution in [3.8, 4) is 0 Å². The number of urea groups is 1. The van der Waals surface area contributed by atoms with Gasteiger partial charge in [-0.2, -0.15) is 0 Å². The van der Waals surface area contributed by atoms with Crippen LogP contribution in [0.1, 0.15) is 30.6 Å². The number of nitrogens with one attached hydrogen (secondary N) is 3. The lowest BCUT2D eigenvalue weighted by Crippen LogP contribution is -2.31. The van der Waals surface area contributed by atoms with Crippen LogP contribution in [0.4, 0.5) is 16.2 Å². The van der Waals surface area contributed by atoms with Gasteiger partial charge in [0, 0.05) is 23.5 Å². The molecule has 7 heteroatoms. The average Bonchev–Trinajstić information content (AvgIpc) is 2.62. The summed E-state index contributed by atoms with van der Waals surface area (Å²) >= 11 is 0. The maximum atomic E-state index is 12.1. The number of benzene rings is 2. The molecule has 0 unspecified atom stereocenters. The van der Waals surface area contributed by atoms with Crippen LogP contribution in [0.5, 0.6) is 0 Å². The predicted molar refractivity (Wildman–Crippen MR) is 104 cm³/mol. The Bertz CT molecular complexity index is 802. The normalized spacial score (nSPS) is 10.7. The maximum Gasteiger partial charge on any atom is 0.323 e. The van der Waals surface area contributed by atoms with E-state index in [9.17, 15) is 14.4 Å². The van der Waals surface area contributed by atoms with Crippen LogP contribution >= 0.6 is 0 Å². The van der Waals surface area contributed by atoms with Gasteiger partial charge in [-0.1, -0.05) is 18.2 Å². The van der Waals surface area contributed by atoms with Crippen molar-refractivity contribution in [2.75, 3.05) is 17.2 Å². The third kappa shape index (κ3) is 6.14. The summed E-state index contributed by atoms with van der Waals surface area (Å²) in [6.07, 6.45) is 0.327. The van der Waals surface area contributed by atoms with Crippen LogP contribution in [-0.4, -0.2) is 29.6 Å². The highest BCUT2D eigenvalue weighted by Crippen LogP contribution is 2.19. The Morgan fingerprint density at radius 1 is 0.889 bits per heavy atom. The lowest BCUT2D eigenvalue weighted by molar-refractivity contribution is -0.147. The molecule has 0 fully saturated rings. The van der Waals surface area contributed by atoms with E-state index in [0.717, 1.165) is 0 Å².